The third kappa shape index (κ3) is 5.16. The highest BCUT2D eigenvalue weighted by atomic mass is 16.1. The number of unbranched alkanes of at least 4 members (excludes halogenated alkanes) is 1. The normalized spacial score (nSPS) is 10.2. The zero-order valence-corrected chi connectivity index (χ0v) is 12.9. The standard InChI is InChI=1S/C17H22N4O/c1-2-3-12-19-17(22)15-9-10-16(21-20-15)18-13-11-14-7-5-4-6-8-14/h4-10H,2-3,11-13H2,1H3,(H,18,21)(H,19,22). The molecule has 22 heavy (non-hydrogen) atoms. The lowest BCUT2D eigenvalue weighted by Gasteiger charge is -2.06. The molecule has 0 aliphatic rings. The fourth-order valence-electron chi connectivity index (χ4n) is 2.00. The minimum atomic E-state index is -0.170. The van der Waals surface area contributed by atoms with Crippen molar-refractivity contribution in [1.29, 1.82) is 0 Å². The zero-order chi connectivity index (χ0) is 15.6. The van der Waals surface area contributed by atoms with E-state index in [9.17, 15) is 4.79 Å². The fraction of sp³-hybridized carbons (Fsp3) is 0.353. The molecule has 0 spiro atoms. The van der Waals surface area contributed by atoms with Crippen LogP contribution >= 0.6 is 0 Å². The van der Waals surface area contributed by atoms with Crippen LogP contribution in [0.3, 0.4) is 0 Å². The molecule has 1 heterocycles. The molecule has 0 radical (unpaired) electrons. The third-order valence-corrected chi connectivity index (χ3v) is 3.28. The van der Waals surface area contributed by atoms with Crippen molar-refractivity contribution < 1.29 is 4.79 Å². The van der Waals surface area contributed by atoms with E-state index in [-0.39, 0.29) is 5.91 Å². The number of rotatable bonds is 8. The van der Waals surface area contributed by atoms with Crippen LogP contribution in [0.25, 0.3) is 0 Å². The number of hydrogen-bond donors (Lipinski definition) is 2. The first kappa shape index (κ1) is 15.9. The number of anilines is 1. The van der Waals surface area contributed by atoms with Crippen molar-refractivity contribution in [3.05, 3.63) is 53.7 Å². The van der Waals surface area contributed by atoms with Crippen LogP contribution in [0.2, 0.25) is 0 Å². The van der Waals surface area contributed by atoms with Crippen molar-refractivity contribution in [1.82, 2.24) is 15.5 Å². The molecule has 116 valence electrons. The Bertz CT molecular complexity index is 569. The smallest absolute Gasteiger partial charge is 0.271 e. The van der Waals surface area contributed by atoms with Gasteiger partial charge in [0.25, 0.3) is 5.91 Å². The van der Waals surface area contributed by atoms with Crippen molar-refractivity contribution in [3.8, 4) is 0 Å². The SMILES string of the molecule is CCCCNC(=O)c1ccc(NCCc2ccccc2)nn1. The Morgan fingerprint density at radius 1 is 1.05 bits per heavy atom. The molecule has 0 bridgehead atoms. The van der Waals surface area contributed by atoms with Crippen molar-refractivity contribution >= 4 is 11.7 Å². The maximum Gasteiger partial charge on any atom is 0.271 e. The predicted octanol–water partition coefficient (Wildman–Crippen LogP) is 2.66. The van der Waals surface area contributed by atoms with Crippen LogP contribution in [0.15, 0.2) is 42.5 Å². The van der Waals surface area contributed by atoms with E-state index in [4.69, 9.17) is 0 Å². The lowest BCUT2D eigenvalue weighted by molar-refractivity contribution is 0.0947. The lowest BCUT2D eigenvalue weighted by atomic mass is 10.1. The first-order valence-corrected chi connectivity index (χ1v) is 7.69. The molecule has 5 heteroatoms. The molecule has 0 atom stereocenters. The molecule has 2 aromatic rings. The van der Waals surface area contributed by atoms with Crippen molar-refractivity contribution in [2.45, 2.75) is 26.2 Å². The zero-order valence-electron chi connectivity index (χ0n) is 12.9. The van der Waals surface area contributed by atoms with E-state index < -0.39 is 0 Å². The number of hydrogen-bond acceptors (Lipinski definition) is 4. The minimum Gasteiger partial charge on any atom is -0.368 e. The highest BCUT2D eigenvalue weighted by molar-refractivity contribution is 5.92. The van der Waals surface area contributed by atoms with Crippen LogP contribution < -0.4 is 10.6 Å². The number of aromatic nitrogens is 2. The summed E-state index contributed by atoms with van der Waals surface area (Å²) < 4.78 is 0. The summed E-state index contributed by atoms with van der Waals surface area (Å²) in [5.41, 5.74) is 1.62. The molecule has 0 fully saturated rings. The van der Waals surface area contributed by atoms with Crippen molar-refractivity contribution in [3.63, 3.8) is 0 Å². The average Bonchev–Trinajstić information content (AvgIpc) is 2.56. The highest BCUT2D eigenvalue weighted by Crippen LogP contribution is 2.04. The number of carbonyl (C=O) groups is 1. The maximum absolute atomic E-state index is 11.8. The van der Waals surface area contributed by atoms with E-state index in [1.54, 1.807) is 12.1 Å². The van der Waals surface area contributed by atoms with Gasteiger partial charge in [-0.2, -0.15) is 0 Å². The summed E-state index contributed by atoms with van der Waals surface area (Å²) in [7, 11) is 0. The van der Waals surface area contributed by atoms with Gasteiger partial charge >= 0.3 is 0 Å². The van der Waals surface area contributed by atoms with Gasteiger partial charge in [-0.25, -0.2) is 0 Å². The van der Waals surface area contributed by atoms with Crippen LogP contribution in [0.1, 0.15) is 35.8 Å². The quantitative estimate of drug-likeness (QED) is 0.735. The van der Waals surface area contributed by atoms with Crippen molar-refractivity contribution in [2.75, 3.05) is 18.4 Å². The minimum absolute atomic E-state index is 0.170. The number of benzene rings is 1. The van der Waals surface area contributed by atoms with Crippen LogP contribution in [0, 0.1) is 0 Å². The van der Waals surface area contributed by atoms with E-state index in [1.165, 1.54) is 5.56 Å². The first-order chi connectivity index (χ1) is 10.8. The Labute approximate surface area is 131 Å². The van der Waals surface area contributed by atoms with Gasteiger partial charge in [0.2, 0.25) is 0 Å². The molecule has 0 aliphatic carbocycles. The van der Waals surface area contributed by atoms with Crippen LogP contribution in [0.4, 0.5) is 5.82 Å². The molecular weight excluding hydrogens is 276 g/mol. The summed E-state index contributed by atoms with van der Waals surface area (Å²) in [6.07, 6.45) is 2.94. The summed E-state index contributed by atoms with van der Waals surface area (Å²) >= 11 is 0. The van der Waals surface area contributed by atoms with Crippen LogP contribution in [-0.2, 0) is 6.42 Å². The average molecular weight is 298 g/mol. The lowest BCUT2D eigenvalue weighted by Crippen LogP contribution is -2.25. The van der Waals surface area contributed by atoms with Crippen molar-refractivity contribution in [2.24, 2.45) is 0 Å². The van der Waals surface area contributed by atoms with E-state index in [0.717, 1.165) is 25.8 Å². The van der Waals surface area contributed by atoms with Gasteiger partial charge in [0, 0.05) is 13.1 Å². The van der Waals surface area contributed by atoms with Gasteiger partial charge in [0.15, 0.2) is 5.69 Å². The van der Waals surface area contributed by atoms with E-state index in [0.29, 0.717) is 18.1 Å². The van der Waals surface area contributed by atoms with E-state index in [1.807, 2.05) is 18.2 Å². The first-order valence-electron chi connectivity index (χ1n) is 7.69. The molecule has 0 aliphatic heterocycles. The van der Waals surface area contributed by atoms with Gasteiger partial charge in [0.1, 0.15) is 5.82 Å². The Morgan fingerprint density at radius 3 is 2.55 bits per heavy atom. The molecule has 2 N–H and O–H groups in total. The largest absolute Gasteiger partial charge is 0.368 e. The molecule has 1 amide bonds. The Balaban J connectivity index is 1.78. The fourth-order valence-corrected chi connectivity index (χ4v) is 2.00. The van der Waals surface area contributed by atoms with Gasteiger partial charge in [0.05, 0.1) is 0 Å². The Kier molecular flexibility index (Phi) is 6.36. The molecule has 0 saturated heterocycles. The van der Waals surface area contributed by atoms with Crippen LogP contribution in [-0.4, -0.2) is 29.2 Å². The molecule has 2 rings (SSSR count). The molecule has 1 aromatic carbocycles. The van der Waals surface area contributed by atoms with E-state index >= 15 is 0 Å². The Hall–Kier alpha value is -2.43. The molecule has 5 nitrogen and oxygen atoms in total. The molecular formula is C17H22N4O. The highest BCUT2D eigenvalue weighted by Gasteiger charge is 2.07. The summed E-state index contributed by atoms with van der Waals surface area (Å²) in [6.45, 7) is 3.54. The van der Waals surface area contributed by atoms with Gasteiger partial charge < -0.3 is 10.6 Å². The molecule has 0 saturated carbocycles. The second-order valence-electron chi connectivity index (χ2n) is 5.08. The van der Waals surface area contributed by atoms with Gasteiger partial charge in [-0.05, 0) is 30.5 Å². The maximum atomic E-state index is 11.8. The monoisotopic (exact) mass is 298 g/mol. The second kappa shape index (κ2) is 8.77. The number of amides is 1. The number of nitrogens with one attached hydrogen (secondary N) is 2. The van der Waals surface area contributed by atoms with E-state index in [2.05, 4.69) is 39.9 Å². The third-order valence-electron chi connectivity index (χ3n) is 3.28. The molecule has 0 unspecified atom stereocenters. The van der Waals surface area contributed by atoms with Gasteiger partial charge in [-0.1, -0.05) is 43.7 Å². The summed E-state index contributed by atoms with van der Waals surface area (Å²) in [4.78, 5) is 11.8. The topological polar surface area (TPSA) is 66.9 Å². The van der Waals surface area contributed by atoms with Crippen LogP contribution in [0.5, 0.6) is 0 Å². The summed E-state index contributed by atoms with van der Waals surface area (Å²) in [5, 5.41) is 14.0. The summed E-state index contributed by atoms with van der Waals surface area (Å²) in [6, 6.07) is 13.7. The number of carbonyl (C=O) groups excluding carboxylic acids is 1. The Morgan fingerprint density at radius 2 is 1.86 bits per heavy atom. The summed E-state index contributed by atoms with van der Waals surface area (Å²) in [5.74, 6) is 0.512. The predicted molar refractivity (Wildman–Crippen MR) is 87.9 cm³/mol. The van der Waals surface area contributed by atoms with Gasteiger partial charge in [-0.3, -0.25) is 4.79 Å². The molecule has 1 aromatic heterocycles. The second-order valence-corrected chi connectivity index (χ2v) is 5.08. The van der Waals surface area contributed by atoms with Gasteiger partial charge in [-0.15, -0.1) is 10.2 Å². The number of nitrogens with zero attached hydrogens (tertiary/aromatic N) is 2.